The molecule has 1 amide bonds. The number of pyridine rings is 1. The van der Waals surface area contributed by atoms with E-state index in [4.69, 9.17) is 5.73 Å². The molecule has 0 aliphatic heterocycles. The lowest BCUT2D eigenvalue weighted by Gasteiger charge is -2.30. The van der Waals surface area contributed by atoms with E-state index in [1.54, 1.807) is 24.3 Å². The van der Waals surface area contributed by atoms with E-state index in [0.29, 0.717) is 18.8 Å². The maximum Gasteiger partial charge on any atom is 0.434 e. The highest BCUT2D eigenvalue weighted by Gasteiger charge is 2.34. The lowest BCUT2D eigenvalue weighted by atomic mass is 9.91. The van der Waals surface area contributed by atoms with Crippen LogP contribution in [0.25, 0.3) is 5.65 Å². The molecule has 1 saturated carbocycles. The third kappa shape index (κ3) is 5.80. The molecule has 4 N–H and O–H groups in total. The Kier molecular flexibility index (Phi) is 7.42. The van der Waals surface area contributed by atoms with E-state index < -0.39 is 11.9 Å². The summed E-state index contributed by atoms with van der Waals surface area (Å²) in [6.45, 7) is 4.52. The minimum absolute atomic E-state index is 0.00144. The van der Waals surface area contributed by atoms with Crippen LogP contribution in [0, 0.1) is 0 Å². The zero-order valence-electron chi connectivity index (χ0n) is 18.2. The largest absolute Gasteiger partial charge is 0.434 e. The van der Waals surface area contributed by atoms with Crippen LogP contribution in [-0.4, -0.2) is 39.6 Å². The number of aromatic nitrogens is 2. The molecular weight excluding hydrogens is 421 g/mol. The number of amides is 1. The molecule has 0 spiro atoms. The fourth-order valence-corrected chi connectivity index (χ4v) is 3.83. The Balaban J connectivity index is 1.57. The number of anilines is 1. The summed E-state index contributed by atoms with van der Waals surface area (Å²) in [6, 6.07) is 5.04. The average Bonchev–Trinajstić information content (AvgIpc) is 3.21. The van der Waals surface area contributed by atoms with Crippen molar-refractivity contribution in [2.75, 3.05) is 11.9 Å². The summed E-state index contributed by atoms with van der Waals surface area (Å²) in [5.41, 5.74) is 6.18. The van der Waals surface area contributed by atoms with Crippen LogP contribution in [0.2, 0.25) is 0 Å². The summed E-state index contributed by atoms with van der Waals surface area (Å²) in [5.74, 6) is 0.258. The lowest BCUT2D eigenvalue weighted by molar-refractivity contribution is -0.140. The van der Waals surface area contributed by atoms with Gasteiger partial charge in [-0.15, -0.1) is 0 Å². The van der Waals surface area contributed by atoms with Gasteiger partial charge in [0.05, 0.1) is 5.70 Å². The molecule has 0 unspecified atom stereocenters. The Morgan fingerprint density at radius 2 is 1.94 bits per heavy atom. The topological polar surface area (TPSA) is 96.8 Å². The first-order valence-electron chi connectivity index (χ1n) is 10.8. The summed E-state index contributed by atoms with van der Waals surface area (Å²) in [4.78, 5) is 20.4. The van der Waals surface area contributed by atoms with Crippen molar-refractivity contribution in [3.05, 3.63) is 41.9 Å². The molecule has 2 heterocycles. The van der Waals surface area contributed by atoms with Crippen molar-refractivity contribution in [3.8, 4) is 0 Å². The summed E-state index contributed by atoms with van der Waals surface area (Å²) in [6.07, 6.45) is 1.86. The standard InChI is InChI=1S/C22H29F3N6O/c1-3-14(27-4-2)12-17(26)21(32)29-16-10-8-15(9-11-16)28-19-6-5-7-20-30-18(13-31(19)20)22(23,24)25/h5-7,12-13,15-16,28H,3-4,8-11,26H2,1-2H3,(H,29,32)/b17-12-,27-14?. The molecule has 2 aromatic rings. The number of nitrogens with one attached hydrogen (secondary N) is 2. The van der Waals surface area contributed by atoms with Crippen LogP contribution in [0.5, 0.6) is 0 Å². The number of nitrogens with zero attached hydrogens (tertiary/aromatic N) is 3. The van der Waals surface area contributed by atoms with E-state index >= 15 is 0 Å². The van der Waals surface area contributed by atoms with E-state index in [1.165, 1.54) is 4.40 Å². The Bertz CT molecular complexity index is 1000. The number of carbonyl (C=O) groups is 1. The van der Waals surface area contributed by atoms with Crippen LogP contribution in [0.15, 0.2) is 41.2 Å². The van der Waals surface area contributed by atoms with Crippen molar-refractivity contribution < 1.29 is 18.0 Å². The van der Waals surface area contributed by atoms with Gasteiger partial charge in [0.25, 0.3) is 5.91 Å². The molecule has 174 valence electrons. The molecule has 2 aromatic heterocycles. The molecule has 0 bridgehead atoms. The minimum atomic E-state index is -4.49. The SMILES string of the molecule is CCN=C(/C=C(\N)C(=O)NC1CCC(Nc2cccc3nc(C(F)(F)F)cn23)CC1)CC. The normalized spacial score (nSPS) is 20.4. The highest BCUT2D eigenvalue weighted by Crippen LogP contribution is 2.30. The first-order chi connectivity index (χ1) is 15.2. The predicted octanol–water partition coefficient (Wildman–Crippen LogP) is 3.91. The molecule has 1 aliphatic rings. The number of rotatable bonds is 7. The molecule has 32 heavy (non-hydrogen) atoms. The summed E-state index contributed by atoms with van der Waals surface area (Å²) in [5, 5.41) is 6.29. The Morgan fingerprint density at radius 1 is 1.25 bits per heavy atom. The number of alkyl halides is 3. The van der Waals surface area contributed by atoms with Crippen molar-refractivity contribution in [1.29, 1.82) is 0 Å². The molecule has 0 aromatic carbocycles. The van der Waals surface area contributed by atoms with Crippen LogP contribution in [-0.2, 0) is 11.0 Å². The molecule has 1 fully saturated rings. The first kappa shape index (κ1) is 23.6. The van der Waals surface area contributed by atoms with E-state index in [1.807, 2.05) is 13.8 Å². The molecule has 7 nitrogen and oxygen atoms in total. The van der Waals surface area contributed by atoms with Crippen LogP contribution >= 0.6 is 0 Å². The second kappa shape index (κ2) is 10.1. The van der Waals surface area contributed by atoms with E-state index in [-0.39, 0.29) is 29.3 Å². The van der Waals surface area contributed by atoms with Gasteiger partial charge in [0.2, 0.25) is 0 Å². The van der Waals surface area contributed by atoms with E-state index in [9.17, 15) is 18.0 Å². The third-order valence-corrected chi connectivity index (χ3v) is 5.50. The van der Waals surface area contributed by atoms with Crippen molar-refractivity contribution in [2.24, 2.45) is 10.7 Å². The number of carbonyl (C=O) groups excluding carboxylic acids is 1. The van der Waals surface area contributed by atoms with Gasteiger partial charge in [-0.3, -0.25) is 14.2 Å². The van der Waals surface area contributed by atoms with Crippen LogP contribution < -0.4 is 16.4 Å². The monoisotopic (exact) mass is 450 g/mol. The summed E-state index contributed by atoms with van der Waals surface area (Å²) >= 11 is 0. The molecule has 0 saturated heterocycles. The van der Waals surface area contributed by atoms with Gasteiger partial charge in [-0.05, 0) is 57.2 Å². The van der Waals surface area contributed by atoms with Gasteiger partial charge in [-0.1, -0.05) is 13.0 Å². The highest BCUT2D eigenvalue weighted by molar-refractivity contribution is 6.03. The quantitative estimate of drug-likeness (QED) is 0.440. The van der Waals surface area contributed by atoms with Gasteiger partial charge in [0, 0.05) is 30.5 Å². The van der Waals surface area contributed by atoms with Gasteiger partial charge >= 0.3 is 6.18 Å². The number of imidazole rings is 1. The van der Waals surface area contributed by atoms with Crippen molar-refractivity contribution >= 4 is 23.1 Å². The zero-order valence-corrected chi connectivity index (χ0v) is 18.2. The summed E-state index contributed by atoms with van der Waals surface area (Å²) < 4.78 is 40.4. The second-order valence-corrected chi connectivity index (χ2v) is 7.85. The smallest absolute Gasteiger partial charge is 0.394 e. The maximum absolute atomic E-state index is 13.0. The van der Waals surface area contributed by atoms with Crippen molar-refractivity contribution in [3.63, 3.8) is 0 Å². The van der Waals surface area contributed by atoms with E-state index in [0.717, 1.165) is 37.6 Å². The molecule has 3 rings (SSSR count). The van der Waals surface area contributed by atoms with Gasteiger partial charge in [-0.2, -0.15) is 13.2 Å². The maximum atomic E-state index is 13.0. The van der Waals surface area contributed by atoms with Crippen LogP contribution in [0.1, 0.15) is 51.6 Å². The summed E-state index contributed by atoms with van der Waals surface area (Å²) in [7, 11) is 0. The minimum Gasteiger partial charge on any atom is -0.394 e. The number of fused-ring (bicyclic) bond motifs is 1. The number of hydrogen-bond acceptors (Lipinski definition) is 5. The Labute approximate surface area is 185 Å². The number of allylic oxidation sites excluding steroid dienone is 1. The first-order valence-corrected chi connectivity index (χ1v) is 10.8. The van der Waals surface area contributed by atoms with Crippen molar-refractivity contribution in [1.82, 2.24) is 14.7 Å². The van der Waals surface area contributed by atoms with Gasteiger partial charge in [-0.25, -0.2) is 4.98 Å². The Hall–Kier alpha value is -3.04. The van der Waals surface area contributed by atoms with Gasteiger partial charge in [0.1, 0.15) is 11.5 Å². The highest BCUT2D eigenvalue weighted by atomic mass is 19.4. The lowest BCUT2D eigenvalue weighted by Crippen LogP contribution is -2.42. The number of nitrogens with two attached hydrogens (primary N) is 1. The van der Waals surface area contributed by atoms with Gasteiger partial charge in [0.15, 0.2) is 5.69 Å². The fourth-order valence-electron chi connectivity index (χ4n) is 3.83. The Morgan fingerprint density at radius 3 is 2.56 bits per heavy atom. The molecule has 0 atom stereocenters. The number of aliphatic imine (C=N–C) groups is 1. The number of hydrogen-bond donors (Lipinski definition) is 3. The van der Waals surface area contributed by atoms with Crippen molar-refractivity contribution in [2.45, 2.75) is 64.2 Å². The molecule has 10 heteroatoms. The molecular formula is C22H29F3N6O. The third-order valence-electron chi connectivity index (χ3n) is 5.50. The molecule has 1 aliphatic carbocycles. The zero-order chi connectivity index (χ0) is 23.3. The molecule has 0 radical (unpaired) electrons. The average molecular weight is 451 g/mol. The van der Waals surface area contributed by atoms with Crippen LogP contribution in [0.4, 0.5) is 19.0 Å². The van der Waals surface area contributed by atoms with Crippen LogP contribution in [0.3, 0.4) is 0 Å². The van der Waals surface area contributed by atoms with E-state index in [2.05, 4.69) is 20.6 Å². The second-order valence-electron chi connectivity index (χ2n) is 7.85. The van der Waals surface area contributed by atoms with Gasteiger partial charge < -0.3 is 16.4 Å². The fraction of sp³-hybridized carbons (Fsp3) is 0.500. The predicted molar refractivity (Wildman–Crippen MR) is 119 cm³/mol. The number of halogens is 3.